The van der Waals surface area contributed by atoms with E-state index >= 15 is 0 Å². The summed E-state index contributed by atoms with van der Waals surface area (Å²) in [7, 11) is 1.52. The normalized spacial score (nSPS) is 12.0. The molecule has 1 atom stereocenters. The minimum Gasteiger partial charge on any atom is -0.502 e. The summed E-state index contributed by atoms with van der Waals surface area (Å²) in [5.74, 6) is -0.343. The van der Waals surface area contributed by atoms with Crippen molar-refractivity contribution in [3.05, 3.63) is 57.6 Å². The number of ether oxygens (including phenoxy) is 1. The highest BCUT2D eigenvalue weighted by Crippen LogP contribution is 2.26. The van der Waals surface area contributed by atoms with Crippen LogP contribution in [0.1, 0.15) is 27.9 Å². The van der Waals surface area contributed by atoms with Crippen LogP contribution in [0, 0.1) is 6.92 Å². The second-order valence-electron chi connectivity index (χ2n) is 5.14. The van der Waals surface area contributed by atoms with Crippen LogP contribution in [0.3, 0.4) is 0 Å². The minimum atomic E-state index is -1.10. The van der Waals surface area contributed by atoms with Gasteiger partial charge in [-0.15, -0.1) is 0 Å². The number of aryl methyl sites for hydroxylation is 1. The molecule has 0 aliphatic rings. The van der Waals surface area contributed by atoms with Crippen molar-refractivity contribution in [3.63, 3.8) is 0 Å². The predicted molar refractivity (Wildman–Crippen MR) is 86.5 cm³/mol. The summed E-state index contributed by atoms with van der Waals surface area (Å²) in [6.45, 7) is 1.41. The Labute approximate surface area is 138 Å². The zero-order valence-corrected chi connectivity index (χ0v) is 13.4. The second kappa shape index (κ2) is 7.76. The Kier molecular flexibility index (Phi) is 5.73. The molecule has 1 heterocycles. The number of hydrogen-bond donors (Lipinski definition) is 3. The van der Waals surface area contributed by atoms with Crippen molar-refractivity contribution in [2.24, 2.45) is 0 Å². The maximum absolute atomic E-state index is 12.8. The Morgan fingerprint density at radius 1 is 1.33 bits per heavy atom. The number of methoxy groups -OCH3 is 1. The molecule has 24 heavy (non-hydrogen) atoms. The van der Waals surface area contributed by atoms with E-state index in [-0.39, 0.29) is 24.7 Å². The van der Waals surface area contributed by atoms with E-state index in [4.69, 9.17) is 14.3 Å². The van der Waals surface area contributed by atoms with Crippen LogP contribution >= 0.6 is 0 Å². The molecule has 128 valence electrons. The van der Waals surface area contributed by atoms with Crippen molar-refractivity contribution in [1.29, 1.82) is 0 Å². The highest BCUT2D eigenvalue weighted by Gasteiger charge is 2.28. The van der Waals surface area contributed by atoms with Gasteiger partial charge in [0.2, 0.25) is 11.2 Å². The van der Waals surface area contributed by atoms with E-state index in [2.05, 4.69) is 5.32 Å². The van der Waals surface area contributed by atoms with E-state index < -0.39 is 23.0 Å². The molecule has 0 spiro atoms. The van der Waals surface area contributed by atoms with Gasteiger partial charge >= 0.3 is 0 Å². The smallest absolute Gasteiger partial charge is 0.227 e. The molecular weight excluding hydrogens is 314 g/mol. The third-order valence-electron chi connectivity index (χ3n) is 3.43. The Hall–Kier alpha value is -2.64. The Morgan fingerprint density at radius 2 is 2.00 bits per heavy atom. The van der Waals surface area contributed by atoms with E-state index in [1.165, 1.54) is 7.11 Å². The molecule has 2 rings (SSSR count). The van der Waals surface area contributed by atoms with Crippen LogP contribution in [0.5, 0.6) is 11.5 Å². The number of aliphatic hydroxyl groups is 1. The van der Waals surface area contributed by atoms with Crippen LogP contribution in [-0.4, -0.2) is 36.3 Å². The van der Waals surface area contributed by atoms with E-state index in [1.54, 1.807) is 31.2 Å². The van der Waals surface area contributed by atoms with Gasteiger partial charge in [-0.1, -0.05) is 0 Å². The number of carbonyl (C=O) groups is 1. The SMILES string of the molecule is COc1ccc(C(=O)C(NCCO)c2oc(C)cc(=O)c2O)cc1. The van der Waals surface area contributed by atoms with Crippen molar-refractivity contribution in [2.75, 3.05) is 20.3 Å². The molecule has 0 saturated carbocycles. The fraction of sp³-hybridized carbons (Fsp3) is 0.294. The topological polar surface area (TPSA) is 109 Å². The average Bonchev–Trinajstić information content (AvgIpc) is 2.59. The third-order valence-corrected chi connectivity index (χ3v) is 3.43. The van der Waals surface area contributed by atoms with Crippen LogP contribution in [0.25, 0.3) is 0 Å². The molecule has 0 saturated heterocycles. The molecule has 0 fully saturated rings. The Balaban J connectivity index is 2.44. The van der Waals surface area contributed by atoms with E-state index in [0.29, 0.717) is 11.3 Å². The first kappa shape index (κ1) is 17.7. The van der Waals surface area contributed by atoms with Crippen LogP contribution < -0.4 is 15.5 Å². The first-order chi connectivity index (χ1) is 11.5. The van der Waals surface area contributed by atoms with Crippen molar-refractivity contribution >= 4 is 5.78 Å². The largest absolute Gasteiger partial charge is 0.502 e. The van der Waals surface area contributed by atoms with Gasteiger partial charge in [0, 0.05) is 18.2 Å². The number of aliphatic hydroxyl groups excluding tert-OH is 1. The molecule has 7 heteroatoms. The van der Waals surface area contributed by atoms with E-state index in [0.717, 1.165) is 6.07 Å². The lowest BCUT2D eigenvalue weighted by molar-refractivity contribution is 0.0923. The van der Waals surface area contributed by atoms with E-state index in [1.807, 2.05) is 0 Å². The summed E-state index contributed by atoms with van der Waals surface area (Å²) in [5, 5.41) is 21.8. The monoisotopic (exact) mass is 333 g/mol. The fourth-order valence-corrected chi connectivity index (χ4v) is 2.26. The van der Waals surface area contributed by atoms with Crippen molar-refractivity contribution < 1.29 is 24.2 Å². The maximum Gasteiger partial charge on any atom is 0.227 e. The lowest BCUT2D eigenvalue weighted by atomic mass is 10.0. The molecule has 2 aromatic rings. The Bertz CT molecular complexity index is 766. The number of benzene rings is 1. The van der Waals surface area contributed by atoms with Crippen LogP contribution in [0.4, 0.5) is 0 Å². The second-order valence-corrected chi connectivity index (χ2v) is 5.14. The number of Topliss-reactive ketones (excluding diaryl/α,β-unsaturated/α-hetero) is 1. The molecule has 0 amide bonds. The minimum absolute atomic E-state index is 0.0870. The molecule has 0 aliphatic heterocycles. The molecule has 1 unspecified atom stereocenters. The van der Waals surface area contributed by atoms with Crippen molar-refractivity contribution in [1.82, 2.24) is 5.32 Å². The van der Waals surface area contributed by atoms with Gasteiger partial charge in [0.1, 0.15) is 17.6 Å². The lowest BCUT2D eigenvalue weighted by Gasteiger charge is -2.17. The third kappa shape index (κ3) is 3.81. The number of ketones is 1. The number of hydrogen-bond acceptors (Lipinski definition) is 7. The highest BCUT2D eigenvalue weighted by molar-refractivity contribution is 6.00. The maximum atomic E-state index is 12.8. The number of rotatable bonds is 7. The number of nitrogens with one attached hydrogen (secondary N) is 1. The zero-order valence-electron chi connectivity index (χ0n) is 13.4. The summed E-state index contributed by atoms with van der Waals surface area (Å²) < 4.78 is 10.4. The summed E-state index contributed by atoms with van der Waals surface area (Å²) in [5.41, 5.74) is -0.290. The fourth-order valence-electron chi connectivity index (χ4n) is 2.26. The van der Waals surface area contributed by atoms with Gasteiger partial charge in [0.25, 0.3) is 0 Å². The quantitative estimate of drug-likeness (QED) is 0.653. The molecule has 1 aromatic heterocycles. The summed E-state index contributed by atoms with van der Waals surface area (Å²) in [6, 6.07) is 6.43. The molecule has 3 N–H and O–H groups in total. The molecule has 7 nitrogen and oxygen atoms in total. The lowest BCUT2D eigenvalue weighted by Crippen LogP contribution is -2.31. The van der Waals surface area contributed by atoms with Crippen molar-refractivity contribution in [2.45, 2.75) is 13.0 Å². The van der Waals surface area contributed by atoms with Crippen LogP contribution in [-0.2, 0) is 0 Å². The van der Waals surface area contributed by atoms with Crippen molar-refractivity contribution in [3.8, 4) is 11.5 Å². The molecular formula is C17H19NO6. The predicted octanol–water partition coefficient (Wildman–Crippen LogP) is 1.17. The van der Waals surface area contributed by atoms with Gasteiger partial charge in [-0.25, -0.2) is 0 Å². The number of carbonyl (C=O) groups excluding carboxylic acids is 1. The van der Waals surface area contributed by atoms with Gasteiger partial charge in [0.15, 0.2) is 11.5 Å². The van der Waals surface area contributed by atoms with Crippen LogP contribution in [0.2, 0.25) is 0 Å². The standard InChI is InChI=1S/C17H19NO6/c1-10-9-13(20)16(22)17(24-10)14(18-7-8-19)15(21)11-3-5-12(23-2)6-4-11/h3-6,9,14,18-19,22H,7-8H2,1-2H3. The van der Waals surface area contributed by atoms with Gasteiger partial charge in [-0.05, 0) is 31.2 Å². The summed E-state index contributed by atoms with van der Waals surface area (Å²) in [4.78, 5) is 24.5. The van der Waals surface area contributed by atoms with Gasteiger partial charge < -0.3 is 19.4 Å². The Morgan fingerprint density at radius 3 is 2.58 bits per heavy atom. The molecule has 0 aliphatic carbocycles. The molecule has 0 bridgehead atoms. The van der Waals surface area contributed by atoms with Crippen LogP contribution in [0.15, 0.2) is 39.5 Å². The zero-order chi connectivity index (χ0) is 17.7. The average molecular weight is 333 g/mol. The van der Waals surface area contributed by atoms with Gasteiger partial charge in [0.05, 0.1) is 13.7 Å². The molecule has 1 aromatic carbocycles. The van der Waals surface area contributed by atoms with Gasteiger partial charge in [-0.3, -0.25) is 14.9 Å². The first-order valence-corrected chi connectivity index (χ1v) is 7.34. The van der Waals surface area contributed by atoms with E-state index in [9.17, 15) is 14.7 Å². The first-order valence-electron chi connectivity index (χ1n) is 7.34. The highest BCUT2D eigenvalue weighted by atomic mass is 16.5. The van der Waals surface area contributed by atoms with Gasteiger partial charge in [-0.2, -0.15) is 0 Å². The number of aromatic hydroxyl groups is 1. The summed E-state index contributed by atoms with van der Waals surface area (Å²) >= 11 is 0. The summed E-state index contributed by atoms with van der Waals surface area (Å²) in [6.07, 6.45) is 0. The molecule has 0 radical (unpaired) electrons.